The van der Waals surface area contributed by atoms with E-state index in [1.54, 1.807) is 6.33 Å². The highest BCUT2D eigenvalue weighted by atomic mass is 16.5. The molecule has 0 fully saturated rings. The lowest BCUT2D eigenvalue weighted by atomic mass is 10.3. The molecule has 2 heterocycles. The summed E-state index contributed by atoms with van der Waals surface area (Å²) < 4.78 is 7.19. The number of hydrogen-bond donors (Lipinski definition) is 0. The molecule has 0 aromatic carbocycles. The normalized spacial score (nSPS) is 10.9. The maximum absolute atomic E-state index is 5.18. The van der Waals surface area contributed by atoms with Crippen LogP contribution in [-0.4, -0.2) is 19.7 Å². The number of rotatable bonds is 4. The number of aryl methyl sites for hydroxylation is 2. The van der Waals surface area contributed by atoms with Gasteiger partial charge in [0.25, 0.3) is 0 Å². The van der Waals surface area contributed by atoms with Crippen molar-refractivity contribution < 1.29 is 4.52 Å². The molecule has 5 heteroatoms. The van der Waals surface area contributed by atoms with Gasteiger partial charge in [-0.05, 0) is 20.3 Å². The van der Waals surface area contributed by atoms with Crippen molar-refractivity contribution in [3.63, 3.8) is 0 Å². The van der Waals surface area contributed by atoms with Crippen LogP contribution in [0.3, 0.4) is 0 Å². The summed E-state index contributed by atoms with van der Waals surface area (Å²) in [6.07, 6.45) is 3.70. The van der Waals surface area contributed by atoms with E-state index in [0.29, 0.717) is 12.4 Å². The van der Waals surface area contributed by atoms with Crippen LogP contribution >= 0.6 is 0 Å². The molecule has 0 bridgehead atoms. The third-order valence-electron chi connectivity index (χ3n) is 2.63. The molecule has 0 aliphatic carbocycles. The summed E-state index contributed by atoms with van der Waals surface area (Å²) in [4.78, 5) is 8.55. The number of aromatic nitrogens is 4. The maximum atomic E-state index is 5.18. The minimum atomic E-state index is 0.601. The van der Waals surface area contributed by atoms with Crippen molar-refractivity contribution in [2.24, 2.45) is 0 Å². The Bertz CT molecular complexity index is 472. The molecule has 5 nitrogen and oxygen atoms in total. The van der Waals surface area contributed by atoms with Gasteiger partial charge in [0.05, 0.1) is 12.0 Å². The highest BCUT2D eigenvalue weighted by Gasteiger charge is 2.08. The highest BCUT2D eigenvalue weighted by molar-refractivity contribution is 5.09. The lowest BCUT2D eigenvalue weighted by Gasteiger charge is -1.99. The van der Waals surface area contributed by atoms with Crippen LogP contribution in [0.1, 0.15) is 36.4 Å². The molecule has 0 aliphatic heterocycles. The zero-order valence-corrected chi connectivity index (χ0v) is 9.90. The van der Waals surface area contributed by atoms with Gasteiger partial charge >= 0.3 is 0 Å². The molecule has 2 aromatic rings. The minimum Gasteiger partial charge on any atom is -0.337 e. The molecule has 0 amide bonds. The number of nitrogens with zero attached hydrogens (tertiary/aromatic N) is 4. The zero-order chi connectivity index (χ0) is 11.5. The van der Waals surface area contributed by atoms with Gasteiger partial charge in [-0.15, -0.1) is 0 Å². The van der Waals surface area contributed by atoms with E-state index in [2.05, 4.69) is 22.0 Å². The van der Waals surface area contributed by atoms with E-state index in [9.17, 15) is 0 Å². The average molecular weight is 220 g/mol. The summed E-state index contributed by atoms with van der Waals surface area (Å²) >= 11 is 0. The fourth-order valence-corrected chi connectivity index (χ4v) is 1.53. The van der Waals surface area contributed by atoms with Gasteiger partial charge < -0.3 is 9.09 Å². The highest BCUT2D eigenvalue weighted by Crippen LogP contribution is 2.08. The van der Waals surface area contributed by atoms with Gasteiger partial charge in [0.1, 0.15) is 6.54 Å². The lowest BCUT2D eigenvalue weighted by molar-refractivity contribution is 0.365. The summed E-state index contributed by atoms with van der Waals surface area (Å²) in [5.41, 5.74) is 2.17. The van der Waals surface area contributed by atoms with Crippen LogP contribution in [0.25, 0.3) is 0 Å². The molecule has 0 unspecified atom stereocenters. The topological polar surface area (TPSA) is 56.7 Å². The molecule has 0 saturated carbocycles. The second kappa shape index (κ2) is 4.47. The molecular weight excluding hydrogens is 204 g/mol. The first kappa shape index (κ1) is 10.9. The Hall–Kier alpha value is -1.65. The van der Waals surface area contributed by atoms with E-state index in [0.717, 1.165) is 30.1 Å². The summed E-state index contributed by atoms with van der Waals surface area (Å²) in [7, 11) is 0. The quantitative estimate of drug-likeness (QED) is 0.789. The predicted molar refractivity (Wildman–Crippen MR) is 59.1 cm³/mol. The first-order chi connectivity index (χ1) is 7.70. The summed E-state index contributed by atoms with van der Waals surface area (Å²) in [6.45, 7) is 6.72. The first-order valence-electron chi connectivity index (χ1n) is 5.50. The van der Waals surface area contributed by atoms with Gasteiger partial charge in [0.15, 0.2) is 5.82 Å². The van der Waals surface area contributed by atoms with E-state index < -0.39 is 0 Å². The second-order valence-corrected chi connectivity index (χ2v) is 3.90. The number of imidazole rings is 1. The molecule has 2 rings (SSSR count). The molecule has 0 radical (unpaired) electrons. The third-order valence-corrected chi connectivity index (χ3v) is 2.63. The number of hydrogen-bond acceptors (Lipinski definition) is 4. The Labute approximate surface area is 94.5 Å². The van der Waals surface area contributed by atoms with Gasteiger partial charge in [-0.1, -0.05) is 12.1 Å². The maximum Gasteiger partial charge on any atom is 0.246 e. The van der Waals surface area contributed by atoms with Crippen LogP contribution in [-0.2, 0) is 13.0 Å². The summed E-state index contributed by atoms with van der Waals surface area (Å²) in [5, 5.41) is 3.92. The average Bonchev–Trinajstić information content (AvgIpc) is 2.82. The molecule has 16 heavy (non-hydrogen) atoms. The van der Waals surface area contributed by atoms with Crippen LogP contribution in [0.5, 0.6) is 0 Å². The molecule has 86 valence electrons. The zero-order valence-electron chi connectivity index (χ0n) is 9.90. The Morgan fingerprint density at radius 1 is 1.38 bits per heavy atom. The molecule has 2 aromatic heterocycles. The van der Waals surface area contributed by atoms with Crippen LogP contribution in [0, 0.1) is 13.8 Å². The van der Waals surface area contributed by atoms with E-state index in [1.165, 1.54) is 0 Å². The van der Waals surface area contributed by atoms with E-state index >= 15 is 0 Å². The van der Waals surface area contributed by atoms with Gasteiger partial charge in [0, 0.05) is 12.1 Å². The summed E-state index contributed by atoms with van der Waals surface area (Å²) in [5.74, 6) is 1.43. The van der Waals surface area contributed by atoms with Crippen molar-refractivity contribution in [2.45, 2.75) is 40.2 Å². The van der Waals surface area contributed by atoms with Gasteiger partial charge in [-0.25, -0.2) is 4.98 Å². The Morgan fingerprint density at radius 3 is 2.81 bits per heavy atom. The molecule has 0 spiro atoms. The Morgan fingerprint density at radius 2 is 2.19 bits per heavy atom. The molecule has 0 aliphatic rings. The fourth-order valence-electron chi connectivity index (χ4n) is 1.53. The van der Waals surface area contributed by atoms with Crippen LogP contribution < -0.4 is 0 Å². The first-order valence-corrected chi connectivity index (χ1v) is 5.50. The minimum absolute atomic E-state index is 0.601. The van der Waals surface area contributed by atoms with Crippen LogP contribution in [0.4, 0.5) is 0 Å². The van der Waals surface area contributed by atoms with E-state index in [4.69, 9.17) is 4.52 Å². The van der Waals surface area contributed by atoms with Crippen LogP contribution in [0.15, 0.2) is 10.9 Å². The monoisotopic (exact) mass is 220 g/mol. The lowest BCUT2D eigenvalue weighted by Crippen LogP contribution is -2.01. The van der Waals surface area contributed by atoms with E-state index in [-0.39, 0.29) is 0 Å². The van der Waals surface area contributed by atoms with Crippen molar-refractivity contribution in [3.05, 3.63) is 29.4 Å². The fraction of sp³-hybridized carbons (Fsp3) is 0.545. The van der Waals surface area contributed by atoms with E-state index in [1.807, 2.05) is 18.4 Å². The standard InChI is InChI=1S/C11H16N4O/c1-4-5-10-13-11(16-14-10)6-15-7-12-8(2)9(15)3/h7H,4-6H2,1-3H3. The van der Waals surface area contributed by atoms with Crippen LogP contribution in [0.2, 0.25) is 0 Å². The molecular formula is C11H16N4O. The second-order valence-electron chi connectivity index (χ2n) is 3.90. The summed E-state index contributed by atoms with van der Waals surface area (Å²) in [6, 6.07) is 0. The van der Waals surface area contributed by atoms with Crippen molar-refractivity contribution in [1.29, 1.82) is 0 Å². The van der Waals surface area contributed by atoms with Gasteiger partial charge in [-0.3, -0.25) is 0 Å². The van der Waals surface area contributed by atoms with Crippen molar-refractivity contribution in [1.82, 2.24) is 19.7 Å². The van der Waals surface area contributed by atoms with Crippen molar-refractivity contribution in [2.75, 3.05) is 0 Å². The largest absolute Gasteiger partial charge is 0.337 e. The third kappa shape index (κ3) is 2.13. The molecule has 0 N–H and O–H groups in total. The van der Waals surface area contributed by atoms with Crippen molar-refractivity contribution >= 4 is 0 Å². The predicted octanol–water partition coefficient (Wildman–Crippen LogP) is 1.88. The molecule has 0 saturated heterocycles. The smallest absolute Gasteiger partial charge is 0.246 e. The van der Waals surface area contributed by atoms with Gasteiger partial charge in [0.2, 0.25) is 5.89 Å². The Balaban J connectivity index is 2.11. The Kier molecular flexibility index (Phi) is 3.03. The van der Waals surface area contributed by atoms with Crippen molar-refractivity contribution in [3.8, 4) is 0 Å². The van der Waals surface area contributed by atoms with Gasteiger partial charge in [-0.2, -0.15) is 4.98 Å². The SMILES string of the molecule is CCCc1noc(Cn2cnc(C)c2C)n1. The molecule has 0 atom stereocenters.